The molecule has 3 rings (SSSR count). The van der Waals surface area contributed by atoms with E-state index in [4.69, 9.17) is 14.9 Å². The summed E-state index contributed by atoms with van der Waals surface area (Å²) < 4.78 is 11.7. The van der Waals surface area contributed by atoms with Gasteiger partial charge in [0.2, 0.25) is 17.1 Å². The molecule has 120 valence electrons. The number of pyridine rings is 1. The van der Waals surface area contributed by atoms with Crippen LogP contribution in [0.2, 0.25) is 0 Å². The van der Waals surface area contributed by atoms with E-state index in [1.165, 1.54) is 6.20 Å². The van der Waals surface area contributed by atoms with Gasteiger partial charge in [0.1, 0.15) is 6.10 Å². The number of nitrogens with zero attached hydrogens (tertiary/aromatic N) is 4. The van der Waals surface area contributed by atoms with E-state index < -0.39 is 28.6 Å². The Morgan fingerprint density at radius 2 is 1.96 bits per heavy atom. The number of nitriles is 3. The van der Waals surface area contributed by atoms with E-state index in [-0.39, 0.29) is 5.90 Å². The minimum Gasteiger partial charge on any atom is -0.447 e. The fraction of sp³-hybridized carbons (Fsp3) is 0.471. The van der Waals surface area contributed by atoms with E-state index in [2.05, 4.69) is 11.1 Å². The highest BCUT2D eigenvalue weighted by Gasteiger charge is 2.79. The van der Waals surface area contributed by atoms with Gasteiger partial charge in [-0.1, -0.05) is 19.9 Å². The number of ether oxygens (including phenoxy) is 2. The normalized spacial score (nSPS) is 36.0. The second-order valence-corrected chi connectivity index (χ2v) is 6.02. The summed E-state index contributed by atoms with van der Waals surface area (Å²) in [5.74, 6) is -2.26. The summed E-state index contributed by atoms with van der Waals surface area (Å²) in [6.07, 6.45) is 0.811. The maximum atomic E-state index is 9.93. The number of fused-ring (bicyclic) bond motifs is 2. The van der Waals surface area contributed by atoms with Crippen LogP contribution in [0.4, 0.5) is 0 Å². The summed E-state index contributed by atoms with van der Waals surface area (Å²) in [6, 6.07) is 11.1. The molecule has 2 aliphatic heterocycles. The van der Waals surface area contributed by atoms with Crippen LogP contribution in [-0.4, -0.2) is 16.7 Å². The van der Waals surface area contributed by atoms with E-state index in [0.29, 0.717) is 12.1 Å². The molecule has 24 heavy (non-hydrogen) atoms. The Kier molecular flexibility index (Phi) is 3.34. The summed E-state index contributed by atoms with van der Waals surface area (Å²) in [5, 5.41) is 38.0. The van der Waals surface area contributed by atoms with Crippen molar-refractivity contribution in [3.8, 4) is 18.2 Å². The van der Waals surface area contributed by atoms with Crippen LogP contribution in [0, 0.1) is 56.2 Å². The first-order valence-electron chi connectivity index (χ1n) is 7.58. The predicted molar refractivity (Wildman–Crippen MR) is 80.8 cm³/mol. The average Bonchev–Trinajstić information content (AvgIpc) is 2.78. The van der Waals surface area contributed by atoms with Gasteiger partial charge < -0.3 is 9.47 Å². The quantitative estimate of drug-likeness (QED) is 0.891. The summed E-state index contributed by atoms with van der Waals surface area (Å²) in [6.45, 7) is 3.50. The van der Waals surface area contributed by atoms with Crippen molar-refractivity contribution < 1.29 is 9.47 Å². The fourth-order valence-corrected chi connectivity index (χ4v) is 3.84. The molecular formula is C17H15N5O2. The van der Waals surface area contributed by atoms with Crippen molar-refractivity contribution in [1.29, 1.82) is 21.2 Å². The minimum atomic E-state index is -1.93. The smallest absolute Gasteiger partial charge is 0.217 e. The van der Waals surface area contributed by atoms with Gasteiger partial charge >= 0.3 is 0 Å². The second kappa shape index (κ2) is 5.03. The molecule has 7 heteroatoms. The lowest BCUT2D eigenvalue weighted by atomic mass is 9.54. The Bertz CT molecular complexity index is 804. The minimum absolute atomic E-state index is 0.364. The van der Waals surface area contributed by atoms with Gasteiger partial charge in [0.25, 0.3) is 0 Å². The van der Waals surface area contributed by atoms with Crippen molar-refractivity contribution >= 4 is 5.90 Å². The van der Waals surface area contributed by atoms with Crippen LogP contribution in [0.25, 0.3) is 0 Å². The Labute approximate surface area is 139 Å². The summed E-state index contributed by atoms with van der Waals surface area (Å²) in [5.41, 5.74) is -3.28. The first-order valence-corrected chi connectivity index (χ1v) is 7.58. The molecule has 1 aromatic heterocycles. The molecule has 0 aromatic carbocycles. The Morgan fingerprint density at radius 3 is 2.46 bits per heavy atom. The van der Waals surface area contributed by atoms with Crippen molar-refractivity contribution in [1.82, 2.24) is 4.98 Å². The van der Waals surface area contributed by atoms with Gasteiger partial charge in [-0.25, -0.2) is 0 Å². The lowest BCUT2D eigenvalue weighted by Crippen LogP contribution is -2.58. The zero-order valence-electron chi connectivity index (χ0n) is 13.3. The predicted octanol–water partition coefficient (Wildman–Crippen LogP) is 2.45. The summed E-state index contributed by atoms with van der Waals surface area (Å²) >= 11 is 0. The highest BCUT2D eigenvalue weighted by Crippen LogP contribution is 2.66. The molecule has 4 atom stereocenters. The van der Waals surface area contributed by atoms with E-state index in [1.54, 1.807) is 25.1 Å². The van der Waals surface area contributed by atoms with Crippen molar-refractivity contribution in [3.63, 3.8) is 0 Å². The molecule has 3 heterocycles. The lowest BCUT2D eigenvalue weighted by Gasteiger charge is -2.48. The molecule has 0 unspecified atom stereocenters. The number of aromatic nitrogens is 1. The highest BCUT2D eigenvalue weighted by atomic mass is 16.7. The molecule has 0 radical (unpaired) electrons. The van der Waals surface area contributed by atoms with E-state index in [1.807, 2.05) is 19.1 Å². The first-order chi connectivity index (χ1) is 11.5. The van der Waals surface area contributed by atoms with Crippen molar-refractivity contribution in [3.05, 3.63) is 30.1 Å². The molecule has 2 bridgehead atoms. The molecule has 0 saturated carbocycles. The average molecular weight is 321 g/mol. The van der Waals surface area contributed by atoms with Crippen LogP contribution in [-0.2, 0) is 9.47 Å². The van der Waals surface area contributed by atoms with Crippen molar-refractivity contribution in [2.24, 2.45) is 16.7 Å². The van der Waals surface area contributed by atoms with Gasteiger partial charge in [0.05, 0.1) is 29.8 Å². The topological polar surface area (TPSA) is 127 Å². The maximum Gasteiger partial charge on any atom is 0.217 e. The van der Waals surface area contributed by atoms with Gasteiger partial charge in [-0.15, -0.1) is 0 Å². The monoisotopic (exact) mass is 321 g/mol. The molecule has 7 nitrogen and oxygen atoms in total. The van der Waals surface area contributed by atoms with Crippen LogP contribution in [0.5, 0.6) is 0 Å². The summed E-state index contributed by atoms with van der Waals surface area (Å²) in [4.78, 5) is 4.21. The van der Waals surface area contributed by atoms with E-state index in [0.717, 1.165) is 0 Å². The van der Waals surface area contributed by atoms with Gasteiger partial charge in [0, 0.05) is 12.6 Å². The Balaban J connectivity index is 2.34. The zero-order chi connectivity index (χ0) is 17.6. The molecule has 2 saturated heterocycles. The van der Waals surface area contributed by atoms with Gasteiger partial charge in [0.15, 0.2) is 5.41 Å². The number of hydrogen-bond donors (Lipinski definition) is 1. The molecule has 2 aliphatic rings. The number of nitrogens with one attached hydrogen (secondary N) is 1. The van der Waals surface area contributed by atoms with Crippen LogP contribution in [0.3, 0.4) is 0 Å². The van der Waals surface area contributed by atoms with Crippen LogP contribution in [0.15, 0.2) is 24.4 Å². The third-order valence-corrected chi connectivity index (χ3v) is 5.25. The molecule has 0 spiro atoms. The maximum absolute atomic E-state index is 9.93. The number of rotatable bonds is 2. The molecule has 1 aromatic rings. The molecule has 1 N–H and O–H groups in total. The zero-order valence-corrected chi connectivity index (χ0v) is 13.3. The van der Waals surface area contributed by atoms with E-state index >= 15 is 0 Å². The van der Waals surface area contributed by atoms with E-state index in [9.17, 15) is 15.8 Å². The van der Waals surface area contributed by atoms with Crippen LogP contribution < -0.4 is 0 Å². The van der Waals surface area contributed by atoms with Crippen molar-refractivity contribution in [2.75, 3.05) is 0 Å². The third kappa shape index (κ3) is 1.51. The first kappa shape index (κ1) is 15.9. The van der Waals surface area contributed by atoms with Crippen LogP contribution >= 0.6 is 0 Å². The van der Waals surface area contributed by atoms with Gasteiger partial charge in [-0.2, -0.15) is 15.8 Å². The molecule has 0 aliphatic carbocycles. The third-order valence-electron chi connectivity index (χ3n) is 5.25. The van der Waals surface area contributed by atoms with Crippen molar-refractivity contribution in [2.45, 2.75) is 32.2 Å². The molecular weight excluding hydrogens is 306 g/mol. The Morgan fingerprint density at radius 1 is 1.25 bits per heavy atom. The molecule has 0 amide bonds. The van der Waals surface area contributed by atoms with Gasteiger partial charge in [-0.05, 0) is 12.1 Å². The second-order valence-electron chi connectivity index (χ2n) is 6.02. The highest BCUT2D eigenvalue weighted by molar-refractivity contribution is 5.89. The van der Waals surface area contributed by atoms with Crippen LogP contribution in [0.1, 0.15) is 32.1 Å². The Hall–Kier alpha value is -2.95. The lowest BCUT2D eigenvalue weighted by molar-refractivity contribution is -0.281. The summed E-state index contributed by atoms with van der Waals surface area (Å²) in [7, 11) is 0. The number of hydrogen-bond acceptors (Lipinski definition) is 7. The largest absolute Gasteiger partial charge is 0.447 e. The SMILES string of the molecule is CC[C@@]12OC(=N)[C@](C#N)([C@H]1C)C(C#N)(C#N)[C@H](c1ccccn1)O2. The standard InChI is InChI=1S/C17H15N5O2/c1-3-17-11(2)16(10-20,14(21)24-17)15(8-18,9-19)13(23-17)12-6-4-5-7-22-12/h4-7,11,13,21H,3H2,1-2H3/t11-,13+,16+,17-/m1/s1. The molecule has 2 fully saturated rings. The van der Waals surface area contributed by atoms with Gasteiger partial charge in [-0.3, -0.25) is 10.4 Å². The fourth-order valence-electron chi connectivity index (χ4n) is 3.84.